The Kier molecular flexibility index (Phi) is 5.01. The lowest BCUT2D eigenvalue weighted by Gasteiger charge is -2.20. The van der Waals surface area contributed by atoms with Gasteiger partial charge in [0.05, 0.1) is 23.6 Å². The minimum Gasteiger partial charge on any atom is -0.345 e. The molecular formula is C17H21N5O4S. The summed E-state index contributed by atoms with van der Waals surface area (Å²) in [6, 6.07) is 5.15. The average molecular weight is 391 g/mol. The normalized spacial score (nSPS) is 21.0. The number of carbonyl (C=O) groups excluding carboxylic acids is 2. The van der Waals surface area contributed by atoms with Crippen molar-refractivity contribution < 1.29 is 18.0 Å². The second kappa shape index (κ2) is 7.10. The van der Waals surface area contributed by atoms with E-state index in [1.165, 1.54) is 0 Å². The van der Waals surface area contributed by atoms with Gasteiger partial charge in [0.25, 0.3) is 11.8 Å². The molecule has 3 rings (SSSR count). The predicted octanol–water partition coefficient (Wildman–Crippen LogP) is -0.243. The molecule has 1 saturated heterocycles. The molecule has 1 aliphatic heterocycles. The van der Waals surface area contributed by atoms with Crippen LogP contribution in [-0.4, -0.2) is 58.6 Å². The van der Waals surface area contributed by atoms with Crippen LogP contribution in [0.1, 0.15) is 32.4 Å². The standard InChI is InChI=1S/C17H21N5O4S/c1-10-5-4-6-12(18-10)16(23)19-14-8-27(25,26)9-15(14)20-17(24)13-7-11(2)22(3)21-13/h4-7,14-15H,8-9H2,1-3H3,(H,19,23)(H,20,24)/t14-,15+/m0/s1. The van der Waals surface area contributed by atoms with Crippen molar-refractivity contribution in [3.63, 3.8) is 0 Å². The minimum absolute atomic E-state index is 0.199. The lowest BCUT2D eigenvalue weighted by atomic mass is 10.1. The summed E-state index contributed by atoms with van der Waals surface area (Å²) in [6.07, 6.45) is 0. The van der Waals surface area contributed by atoms with E-state index in [0.717, 1.165) is 5.69 Å². The van der Waals surface area contributed by atoms with Gasteiger partial charge >= 0.3 is 0 Å². The fourth-order valence-electron chi connectivity index (χ4n) is 2.96. The number of nitrogens with one attached hydrogen (secondary N) is 2. The highest BCUT2D eigenvalue weighted by Crippen LogP contribution is 2.15. The summed E-state index contributed by atoms with van der Waals surface area (Å²) in [6.45, 7) is 3.57. The molecule has 10 heteroatoms. The van der Waals surface area contributed by atoms with E-state index in [4.69, 9.17) is 0 Å². The van der Waals surface area contributed by atoms with Gasteiger partial charge in [-0.3, -0.25) is 14.3 Å². The van der Waals surface area contributed by atoms with E-state index >= 15 is 0 Å². The van der Waals surface area contributed by atoms with E-state index in [2.05, 4.69) is 20.7 Å². The Morgan fingerprint density at radius 3 is 2.19 bits per heavy atom. The zero-order valence-electron chi connectivity index (χ0n) is 15.3. The van der Waals surface area contributed by atoms with E-state index in [0.29, 0.717) is 5.69 Å². The first-order chi connectivity index (χ1) is 12.6. The Hall–Kier alpha value is -2.75. The van der Waals surface area contributed by atoms with Crippen molar-refractivity contribution in [2.75, 3.05) is 11.5 Å². The van der Waals surface area contributed by atoms with Crippen molar-refractivity contribution in [1.82, 2.24) is 25.4 Å². The summed E-state index contributed by atoms with van der Waals surface area (Å²) < 4.78 is 25.7. The maximum absolute atomic E-state index is 12.4. The molecule has 9 nitrogen and oxygen atoms in total. The molecule has 144 valence electrons. The monoisotopic (exact) mass is 391 g/mol. The minimum atomic E-state index is -3.39. The fraction of sp³-hybridized carbons (Fsp3) is 0.412. The summed E-state index contributed by atoms with van der Waals surface area (Å²) in [5, 5.41) is 9.45. The van der Waals surface area contributed by atoms with Gasteiger partial charge in [-0.15, -0.1) is 0 Å². The largest absolute Gasteiger partial charge is 0.345 e. The molecule has 1 fully saturated rings. The molecular weight excluding hydrogens is 370 g/mol. The molecule has 2 aromatic heterocycles. The quantitative estimate of drug-likeness (QED) is 0.741. The third-order valence-electron chi connectivity index (χ3n) is 4.45. The summed E-state index contributed by atoms with van der Waals surface area (Å²) in [5.41, 5.74) is 1.88. The number of hydrogen-bond acceptors (Lipinski definition) is 6. The third kappa shape index (κ3) is 4.33. The summed E-state index contributed by atoms with van der Waals surface area (Å²) in [5.74, 6) is -1.43. The smallest absolute Gasteiger partial charge is 0.272 e. The molecule has 0 bridgehead atoms. The van der Waals surface area contributed by atoms with Crippen LogP contribution in [0.15, 0.2) is 24.3 Å². The maximum Gasteiger partial charge on any atom is 0.272 e. The van der Waals surface area contributed by atoms with Gasteiger partial charge in [-0.1, -0.05) is 6.07 Å². The molecule has 3 heterocycles. The first-order valence-electron chi connectivity index (χ1n) is 8.41. The molecule has 0 aliphatic carbocycles. The molecule has 2 aromatic rings. The predicted molar refractivity (Wildman–Crippen MR) is 98.1 cm³/mol. The van der Waals surface area contributed by atoms with Crippen LogP contribution >= 0.6 is 0 Å². The van der Waals surface area contributed by atoms with Gasteiger partial charge in [0, 0.05) is 18.4 Å². The molecule has 0 unspecified atom stereocenters. The van der Waals surface area contributed by atoms with Crippen molar-refractivity contribution in [2.24, 2.45) is 7.05 Å². The first kappa shape index (κ1) is 19.0. The van der Waals surface area contributed by atoms with Crippen molar-refractivity contribution in [3.05, 3.63) is 47.0 Å². The molecule has 2 N–H and O–H groups in total. The number of amides is 2. The Morgan fingerprint density at radius 1 is 1.07 bits per heavy atom. The van der Waals surface area contributed by atoms with Crippen LogP contribution in [0, 0.1) is 13.8 Å². The second-order valence-electron chi connectivity index (χ2n) is 6.70. The summed E-state index contributed by atoms with van der Waals surface area (Å²) in [7, 11) is -1.67. The molecule has 0 aromatic carbocycles. The van der Waals surface area contributed by atoms with Crippen LogP contribution in [0.4, 0.5) is 0 Å². The molecule has 27 heavy (non-hydrogen) atoms. The van der Waals surface area contributed by atoms with Crippen LogP contribution in [0.2, 0.25) is 0 Å². The van der Waals surface area contributed by atoms with Gasteiger partial charge in [-0.25, -0.2) is 13.4 Å². The Balaban J connectivity index is 1.74. The van der Waals surface area contributed by atoms with Gasteiger partial charge in [0.2, 0.25) is 0 Å². The Labute approximate surface area is 157 Å². The number of carbonyl (C=O) groups is 2. The van der Waals surface area contributed by atoms with Crippen LogP contribution in [0.5, 0.6) is 0 Å². The van der Waals surface area contributed by atoms with Crippen LogP contribution in [0.3, 0.4) is 0 Å². The number of pyridine rings is 1. The van der Waals surface area contributed by atoms with Gasteiger partial charge in [-0.2, -0.15) is 5.10 Å². The molecule has 2 amide bonds. The lowest BCUT2D eigenvalue weighted by Crippen LogP contribution is -2.51. The number of nitrogens with zero attached hydrogens (tertiary/aromatic N) is 3. The van der Waals surface area contributed by atoms with Gasteiger partial charge < -0.3 is 10.6 Å². The van der Waals surface area contributed by atoms with E-state index < -0.39 is 33.7 Å². The second-order valence-corrected chi connectivity index (χ2v) is 8.85. The molecule has 0 saturated carbocycles. The van der Waals surface area contributed by atoms with Crippen molar-refractivity contribution >= 4 is 21.7 Å². The number of rotatable bonds is 4. The number of aromatic nitrogens is 3. The third-order valence-corrected chi connectivity index (χ3v) is 6.19. The molecule has 1 aliphatic rings. The summed E-state index contributed by atoms with van der Waals surface area (Å²) >= 11 is 0. The topological polar surface area (TPSA) is 123 Å². The maximum atomic E-state index is 12.4. The highest BCUT2D eigenvalue weighted by Gasteiger charge is 2.40. The van der Waals surface area contributed by atoms with Gasteiger partial charge in [0.1, 0.15) is 11.4 Å². The molecule has 0 spiro atoms. The highest BCUT2D eigenvalue weighted by atomic mass is 32.2. The Bertz CT molecular complexity index is 979. The fourth-order valence-corrected chi connectivity index (χ4v) is 4.82. The van der Waals surface area contributed by atoms with Crippen molar-refractivity contribution in [2.45, 2.75) is 25.9 Å². The van der Waals surface area contributed by atoms with E-state index in [9.17, 15) is 18.0 Å². The van der Waals surface area contributed by atoms with Gasteiger partial charge in [-0.05, 0) is 32.0 Å². The summed E-state index contributed by atoms with van der Waals surface area (Å²) in [4.78, 5) is 29.0. The zero-order valence-corrected chi connectivity index (χ0v) is 16.1. The van der Waals surface area contributed by atoms with Gasteiger partial charge in [0.15, 0.2) is 9.84 Å². The van der Waals surface area contributed by atoms with E-state index in [1.807, 2.05) is 6.92 Å². The SMILES string of the molecule is Cc1cccc(C(=O)N[C@H]2CS(=O)(=O)C[C@H]2NC(=O)c2cc(C)n(C)n2)n1. The van der Waals surface area contributed by atoms with E-state index in [-0.39, 0.29) is 22.9 Å². The molecule has 0 radical (unpaired) electrons. The Morgan fingerprint density at radius 2 is 1.67 bits per heavy atom. The zero-order chi connectivity index (χ0) is 19.8. The molecule has 2 atom stereocenters. The van der Waals surface area contributed by atoms with Crippen LogP contribution < -0.4 is 10.6 Å². The first-order valence-corrected chi connectivity index (χ1v) is 10.2. The average Bonchev–Trinajstić information content (AvgIpc) is 3.06. The van der Waals surface area contributed by atoms with Crippen molar-refractivity contribution in [1.29, 1.82) is 0 Å². The van der Waals surface area contributed by atoms with Crippen LogP contribution in [-0.2, 0) is 16.9 Å². The number of sulfone groups is 1. The number of aryl methyl sites for hydroxylation is 3. The lowest BCUT2D eigenvalue weighted by molar-refractivity contribution is 0.0891. The highest BCUT2D eigenvalue weighted by molar-refractivity contribution is 7.91. The van der Waals surface area contributed by atoms with E-state index in [1.54, 1.807) is 42.9 Å². The number of hydrogen-bond donors (Lipinski definition) is 2. The van der Waals surface area contributed by atoms with Crippen LogP contribution in [0.25, 0.3) is 0 Å². The van der Waals surface area contributed by atoms with Crippen molar-refractivity contribution in [3.8, 4) is 0 Å².